The second-order valence-electron chi connectivity index (χ2n) is 11.8. The average Bonchev–Trinajstić information content (AvgIpc) is 3.33. The lowest BCUT2D eigenvalue weighted by Crippen LogP contribution is -2.43. The number of nitrogens with one attached hydrogen (secondary N) is 1. The van der Waals surface area contributed by atoms with Gasteiger partial charge in [0.2, 0.25) is 0 Å². The number of hydrogen-bond donors (Lipinski definition) is 2. The number of aryl methyl sites for hydroxylation is 2. The maximum Gasteiger partial charge on any atom is 0.320 e. The first kappa shape index (κ1) is 29.4. The molecule has 3 unspecified atom stereocenters. The highest BCUT2D eigenvalue weighted by molar-refractivity contribution is 5.73. The van der Waals surface area contributed by atoms with Crippen LogP contribution in [0, 0.1) is 24.7 Å². The topological polar surface area (TPSA) is 52.6 Å². The van der Waals surface area contributed by atoms with Gasteiger partial charge in [-0.1, -0.05) is 86.5 Å². The molecule has 204 valence electrons. The molecule has 1 saturated carbocycles. The molecule has 0 bridgehead atoms. The fraction of sp³-hybridized carbons (Fsp3) is 0.606. The Labute approximate surface area is 225 Å². The molecule has 2 fully saturated rings. The number of benzene rings is 2. The molecule has 2 N–H and O–H groups in total. The van der Waals surface area contributed by atoms with Crippen molar-refractivity contribution in [1.82, 2.24) is 10.2 Å². The van der Waals surface area contributed by atoms with Gasteiger partial charge in [-0.15, -0.1) is 0 Å². The van der Waals surface area contributed by atoms with Crippen molar-refractivity contribution in [3.63, 3.8) is 0 Å². The number of rotatable bonds is 11. The van der Waals surface area contributed by atoms with E-state index >= 15 is 0 Å². The lowest BCUT2D eigenvalue weighted by molar-refractivity contribution is -0.140. The zero-order valence-corrected chi connectivity index (χ0v) is 23.4. The van der Waals surface area contributed by atoms with Crippen LogP contribution >= 0.6 is 0 Å². The summed E-state index contributed by atoms with van der Waals surface area (Å²) < 4.78 is 0. The average molecular weight is 507 g/mol. The Balaban J connectivity index is 0.000000555. The van der Waals surface area contributed by atoms with E-state index in [9.17, 15) is 9.90 Å². The third-order valence-corrected chi connectivity index (χ3v) is 8.07. The summed E-state index contributed by atoms with van der Waals surface area (Å²) in [5.41, 5.74) is 2.82. The van der Waals surface area contributed by atoms with Gasteiger partial charge in [0, 0.05) is 12.6 Å². The normalized spacial score (nSPS) is 21.4. The molecule has 0 spiro atoms. The smallest absolute Gasteiger partial charge is 0.320 e. The van der Waals surface area contributed by atoms with Gasteiger partial charge in [0.05, 0.1) is 0 Å². The SMILES string of the molecule is Cc1ccc(CCCC2CCN(CC3CCC(NC(CC(C)C)C(=O)O)C3)CC2)cc1.c1ccccc1. The molecule has 4 heteroatoms. The summed E-state index contributed by atoms with van der Waals surface area (Å²) in [6.45, 7) is 10.0. The summed E-state index contributed by atoms with van der Waals surface area (Å²) in [6, 6.07) is 21.0. The third kappa shape index (κ3) is 11.4. The summed E-state index contributed by atoms with van der Waals surface area (Å²) in [4.78, 5) is 14.2. The Hall–Kier alpha value is -2.17. The number of aliphatic carboxylic acids is 1. The summed E-state index contributed by atoms with van der Waals surface area (Å²) in [5.74, 6) is 1.33. The zero-order valence-electron chi connectivity index (χ0n) is 23.4. The van der Waals surface area contributed by atoms with Crippen molar-refractivity contribution in [3.05, 3.63) is 71.8 Å². The van der Waals surface area contributed by atoms with Crippen LogP contribution in [0.15, 0.2) is 60.7 Å². The van der Waals surface area contributed by atoms with Crippen LogP contribution in [-0.2, 0) is 11.2 Å². The maximum absolute atomic E-state index is 11.6. The molecule has 37 heavy (non-hydrogen) atoms. The fourth-order valence-electron chi connectivity index (χ4n) is 5.95. The molecule has 1 aliphatic heterocycles. The lowest BCUT2D eigenvalue weighted by atomic mass is 9.90. The molecule has 2 aliphatic rings. The molecule has 2 aromatic carbocycles. The minimum absolute atomic E-state index is 0.379. The Morgan fingerprint density at radius 2 is 1.57 bits per heavy atom. The van der Waals surface area contributed by atoms with E-state index in [-0.39, 0.29) is 6.04 Å². The zero-order chi connectivity index (χ0) is 26.5. The van der Waals surface area contributed by atoms with Crippen LogP contribution in [0.1, 0.15) is 76.3 Å². The van der Waals surface area contributed by atoms with E-state index in [1.165, 1.54) is 69.3 Å². The number of carboxylic acid groups (broad SMARTS) is 1. The monoisotopic (exact) mass is 506 g/mol. The van der Waals surface area contributed by atoms with Gasteiger partial charge in [0.15, 0.2) is 0 Å². The van der Waals surface area contributed by atoms with Gasteiger partial charge < -0.3 is 15.3 Å². The predicted octanol–water partition coefficient (Wildman–Crippen LogP) is 6.97. The van der Waals surface area contributed by atoms with Gasteiger partial charge in [-0.3, -0.25) is 4.79 Å². The molecule has 4 nitrogen and oxygen atoms in total. The van der Waals surface area contributed by atoms with Crippen LogP contribution in [0.25, 0.3) is 0 Å². The number of hydrogen-bond acceptors (Lipinski definition) is 3. The summed E-state index contributed by atoms with van der Waals surface area (Å²) in [6.07, 6.45) is 10.8. The molecule has 3 atom stereocenters. The Kier molecular flexibility index (Phi) is 12.7. The van der Waals surface area contributed by atoms with E-state index in [2.05, 4.69) is 55.3 Å². The molecule has 1 aliphatic carbocycles. The van der Waals surface area contributed by atoms with Gasteiger partial charge in [-0.25, -0.2) is 0 Å². The lowest BCUT2D eigenvalue weighted by Gasteiger charge is -2.33. The highest BCUT2D eigenvalue weighted by Crippen LogP contribution is 2.30. The van der Waals surface area contributed by atoms with Gasteiger partial charge in [0.1, 0.15) is 6.04 Å². The molecular formula is C33H50N2O2. The minimum Gasteiger partial charge on any atom is -0.480 e. The van der Waals surface area contributed by atoms with Crippen LogP contribution in [-0.4, -0.2) is 47.7 Å². The highest BCUT2D eigenvalue weighted by Gasteiger charge is 2.31. The standard InChI is InChI=1S/C27H44N2O2.C6H6/c1-20(2)17-26(27(30)31)28-25-12-11-24(18-25)19-29-15-13-23(14-16-29)6-4-5-22-9-7-21(3)8-10-22;1-2-4-6-5-3-1/h7-10,20,23-26,28H,4-6,11-19H2,1-3H3,(H,30,31);1-6H. The van der Waals surface area contributed by atoms with Gasteiger partial charge in [-0.05, 0) is 94.7 Å². The second-order valence-corrected chi connectivity index (χ2v) is 11.8. The second kappa shape index (κ2) is 15.9. The van der Waals surface area contributed by atoms with Crippen LogP contribution in [0.2, 0.25) is 0 Å². The van der Waals surface area contributed by atoms with Gasteiger partial charge in [-0.2, -0.15) is 0 Å². The van der Waals surface area contributed by atoms with Crippen molar-refractivity contribution in [2.75, 3.05) is 19.6 Å². The first-order chi connectivity index (χ1) is 17.9. The fourth-order valence-corrected chi connectivity index (χ4v) is 5.95. The van der Waals surface area contributed by atoms with E-state index in [0.29, 0.717) is 18.4 Å². The summed E-state index contributed by atoms with van der Waals surface area (Å²) in [7, 11) is 0. The van der Waals surface area contributed by atoms with Crippen molar-refractivity contribution < 1.29 is 9.90 Å². The predicted molar refractivity (Wildman–Crippen MR) is 155 cm³/mol. The van der Waals surface area contributed by atoms with Gasteiger partial charge >= 0.3 is 5.97 Å². The first-order valence-electron chi connectivity index (χ1n) is 14.7. The van der Waals surface area contributed by atoms with Crippen LogP contribution in [0.5, 0.6) is 0 Å². The first-order valence-corrected chi connectivity index (χ1v) is 14.7. The van der Waals surface area contributed by atoms with Crippen LogP contribution in [0.3, 0.4) is 0 Å². The maximum atomic E-state index is 11.6. The number of carbonyl (C=O) groups is 1. The van der Waals surface area contributed by atoms with E-state index in [1.54, 1.807) is 0 Å². The van der Waals surface area contributed by atoms with Crippen molar-refractivity contribution >= 4 is 5.97 Å². The molecule has 0 radical (unpaired) electrons. The minimum atomic E-state index is -0.693. The van der Waals surface area contributed by atoms with Crippen molar-refractivity contribution in [2.45, 2.75) is 90.6 Å². The number of piperidine rings is 1. The summed E-state index contributed by atoms with van der Waals surface area (Å²) >= 11 is 0. The molecule has 1 heterocycles. The largest absolute Gasteiger partial charge is 0.480 e. The molecule has 0 amide bonds. The van der Waals surface area contributed by atoms with Gasteiger partial charge in [0.25, 0.3) is 0 Å². The van der Waals surface area contributed by atoms with E-state index in [4.69, 9.17) is 0 Å². The van der Waals surface area contributed by atoms with Crippen molar-refractivity contribution in [1.29, 1.82) is 0 Å². The molecule has 1 saturated heterocycles. The van der Waals surface area contributed by atoms with E-state index in [1.807, 2.05) is 36.4 Å². The highest BCUT2D eigenvalue weighted by atomic mass is 16.4. The molecule has 4 rings (SSSR count). The Bertz CT molecular complexity index is 848. The van der Waals surface area contributed by atoms with Crippen molar-refractivity contribution in [2.24, 2.45) is 17.8 Å². The Morgan fingerprint density at radius 1 is 0.946 bits per heavy atom. The molecular weight excluding hydrogens is 456 g/mol. The number of likely N-dealkylation sites (tertiary alicyclic amines) is 1. The Morgan fingerprint density at radius 3 is 2.14 bits per heavy atom. The molecule has 0 aromatic heterocycles. The third-order valence-electron chi connectivity index (χ3n) is 8.07. The number of carboxylic acids is 1. The van der Waals surface area contributed by atoms with Crippen LogP contribution < -0.4 is 5.32 Å². The van der Waals surface area contributed by atoms with Crippen LogP contribution in [0.4, 0.5) is 0 Å². The van der Waals surface area contributed by atoms with Crippen molar-refractivity contribution in [3.8, 4) is 0 Å². The summed E-state index contributed by atoms with van der Waals surface area (Å²) in [5, 5.41) is 12.9. The number of nitrogens with zero attached hydrogens (tertiary/aromatic N) is 1. The van der Waals surface area contributed by atoms with E-state index < -0.39 is 5.97 Å². The van der Waals surface area contributed by atoms with E-state index in [0.717, 1.165) is 24.7 Å². The molecule has 2 aromatic rings. The quantitative estimate of drug-likeness (QED) is 0.345.